The highest BCUT2D eigenvalue weighted by atomic mass is 32.2. The highest BCUT2D eigenvalue weighted by molar-refractivity contribution is 7.92. The average Bonchev–Trinajstić information content (AvgIpc) is 2.84. The second-order valence-electron chi connectivity index (χ2n) is 4.25. The minimum atomic E-state index is -3.65. The number of nitrogens with one attached hydrogen (secondary N) is 1. The number of hydrogen-bond donors (Lipinski definition) is 2. The zero-order chi connectivity index (χ0) is 15.3. The van der Waals surface area contributed by atoms with Gasteiger partial charge in [-0.2, -0.15) is 5.10 Å². The summed E-state index contributed by atoms with van der Waals surface area (Å²) in [4.78, 5) is 0.149. The number of aliphatic hydroxyl groups is 1. The Morgan fingerprint density at radius 3 is 2.57 bits per heavy atom. The molecule has 21 heavy (non-hydrogen) atoms. The fraction of sp³-hybridized carbons (Fsp3) is 0.214. The van der Waals surface area contributed by atoms with E-state index in [-0.39, 0.29) is 11.5 Å². The van der Waals surface area contributed by atoms with E-state index in [0.717, 1.165) is 0 Å². The number of aryl methyl sites for hydroxylation is 1. The summed E-state index contributed by atoms with van der Waals surface area (Å²) in [5, 5.41) is 12.5. The molecule has 1 aromatic carbocycles. The number of aromatic nitrogens is 2. The van der Waals surface area contributed by atoms with Crippen LogP contribution in [-0.2, 0) is 17.1 Å². The first kappa shape index (κ1) is 15.1. The molecule has 1 heterocycles. The smallest absolute Gasteiger partial charge is 0.263 e. The quantitative estimate of drug-likeness (QED) is 0.824. The monoisotopic (exact) mass is 305 g/mol. The third-order valence-corrected chi connectivity index (χ3v) is 4.06. The molecule has 0 aliphatic rings. The normalized spacial score (nSPS) is 10.8. The Morgan fingerprint density at radius 1 is 1.29 bits per heavy atom. The highest BCUT2D eigenvalue weighted by Crippen LogP contribution is 2.15. The van der Waals surface area contributed by atoms with Crippen LogP contribution < -0.4 is 4.72 Å². The maximum Gasteiger partial charge on any atom is 0.263 e. The van der Waals surface area contributed by atoms with Crippen LogP contribution >= 0.6 is 0 Å². The second kappa shape index (κ2) is 6.43. The van der Waals surface area contributed by atoms with Gasteiger partial charge in [0.15, 0.2) is 0 Å². The molecule has 2 N–H and O–H groups in total. The minimum Gasteiger partial charge on any atom is -0.395 e. The largest absolute Gasteiger partial charge is 0.395 e. The third-order valence-electron chi connectivity index (χ3n) is 2.69. The maximum atomic E-state index is 12.2. The molecule has 0 bridgehead atoms. The van der Waals surface area contributed by atoms with Gasteiger partial charge >= 0.3 is 0 Å². The maximum absolute atomic E-state index is 12.2. The Kier molecular flexibility index (Phi) is 4.62. The molecule has 0 saturated carbocycles. The van der Waals surface area contributed by atoms with Gasteiger partial charge in [-0.1, -0.05) is 11.8 Å². The lowest BCUT2D eigenvalue weighted by molar-refractivity contribution is 0.305. The molecule has 0 atom stereocenters. The molecule has 0 aliphatic carbocycles. The van der Waals surface area contributed by atoms with Crippen molar-refractivity contribution in [2.24, 2.45) is 7.05 Å². The number of aliphatic hydroxyl groups excluding tert-OH is 1. The summed E-state index contributed by atoms with van der Waals surface area (Å²) < 4.78 is 28.3. The van der Waals surface area contributed by atoms with E-state index in [1.165, 1.54) is 23.0 Å². The zero-order valence-corrected chi connectivity index (χ0v) is 12.3. The first-order valence-corrected chi connectivity index (χ1v) is 7.72. The Hall–Kier alpha value is -2.30. The van der Waals surface area contributed by atoms with E-state index in [4.69, 9.17) is 5.11 Å². The van der Waals surface area contributed by atoms with Crippen molar-refractivity contribution in [3.05, 3.63) is 42.1 Å². The fourth-order valence-corrected chi connectivity index (χ4v) is 2.70. The molecule has 0 unspecified atom stereocenters. The van der Waals surface area contributed by atoms with Crippen molar-refractivity contribution in [3.8, 4) is 11.8 Å². The van der Waals surface area contributed by atoms with Crippen LogP contribution in [0.1, 0.15) is 12.0 Å². The van der Waals surface area contributed by atoms with Gasteiger partial charge in [0.1, 0.15) is 5.82 Å². The van der Waals surface area contributed by atoms with Crippen molar-refractivity contribution in [1.82, 2.24) is 9.78 Å². The predicted octanol–water partition coefficient (Wildman–Crippen LogP) is 0.955. The summed E-state index contributed by atoms with van der Waals surface area (Å²) in [6.07, 6.45) is 1.90. The molecule has 2 aromatic rings. The average molecular weight is 305 g/mol. The van der Waals surface area contributed by atoms with E-state index in [1.54, 1.807) is 25.2 Å². The topological polar surface area (TPSA) is 84.2 Å². The molecule has 6 nitrogen and oxygen atoms in total. The van der Waals surface area contributed by atoms with Gasteiger partial charge in [0.2, 0.25) is 0 Å². The first-order valence-electron chi connectivity index (χ1n) is 6.23. The van der Waals surface area contributed by atoms with Crippen LogP contribution in [0.5, 0.6) is 0 Å². The molecule has 1 aromatic heterocycles. The van der Waals surface area contributed by atoms with Gasteiger partial charge in [0.05, 0.1) is 17.7 Å². The lowest BCUT2D eigenvalue weighted by Crippen LogP contribution is -2.15. The van der Waals surface area contributed by atoms with Crippen LogP contribution in [0.2, 0.25) is 0 Å². The van der Waals surface area contributed by atoms with Crippen LogP contribution in [0.25, 0.3) is 0 Å². The Balaban J connectivity index is 2.18. The summed E-state index contributed by atoms with van der Waals surface area (Å²) in [5.41, 5.74) is 0.697. The Labute approximate surface area is 123 Å². The van der Waals surface area contributed by atoms with Gasteiger partial charge < -0.3 is 5.11 Å². The van der Waals surface area contributed by atoms with Gasteiger partial charge in [-0.05, 0) is 24.3 Å². The minimum absolute atomic E-state index is 0.00802. The number of hydrogen-bond acceptors (Lipinski definition) is 4. The molecule has 0 saturated heterocycles. The van der Waals surface area contributed by atoms with E-state index in [9.17, 15) is 8.42 Å². The van der Waals surface area contributed by atoms with Gasteiger partial charge in [0, 0.05) is 25.1 Å². The molecule has 0 radical (unpaired) electrons. The molecular formula is C14H15N3O3S. The van der Waals surface area contributed by atoms with Crippen molar-refractivity contribution in [2.75, 3.05) is 11.3 Å². The van der Waals surface area contributed by atoms with E-state index in [0.29, 0.717) is 17.8 Å². The van der Waals surface area contributed by atoms with Crippen LogP contribution in [-0.4, -0.2) is 29.9 Å². The molecule has 0 spiro atoms. The Bertz CT molecular complexity index is 768. The number of rotatable bonds is 4. The molecule has 0 amide bonds. The molecule has 0 aliphatic heterocycles. The summed E-state index contributed by atoms with van der Waals surface area (Å²) in [6, 6.07) is 7.81. The molecule has 2 rings (SSSR count). The van der Waals surface area contributed by atoms with Gasteiger partial charge in [0.25, 0.3) is 10.0 Å². The standard InChI is InChI=1S/C14H15N3O3S/c1-17-14(9-10-15-17)16-21(19,20)13-7-5-12(6-8-13)4-2-3-11-18/h5-10,16,18H,3,11H2,1H3. The van der Waals surface area contributed by atoms with E-state index in [2.05, 4.69) is 21.7 Å². The van der Waals surface area contributed by atoms with Crippen LogP contribution in [0, 0.1) is 11.8 Å². The third kappa shape index (κ3) is 3.84. The Morgan fingerprint density at radius 2 is 2.00 bits per heavy atom. The van der Waals surface area contributed by atoms with Crippen molar-refractivity contribution < 1.29 is 13.5 Å². The van der Waals surface area contributed by atoms with Crippen molar-refractivity contribution in [1.29, 1.82) is 0 Å². The predicted molar refractivity (Wildman–Crippen MR) is 79.0 cm³/mol. The van der Waals surface area contributed by atoms with Crippen LogP contribution in [0.4, 0.5) is 5.82 Å². The summed E-state index contributed by atoms with van der Waals surface area (Å²) in [6.45, 7) is 0.00802. The highest BCUT2D eigenvalue weighted by Gasteiger charge is 2.15. The molecule has 110 valence electrons. The number of nitrogens with zero attached hydrogens (tertiary/aromatic N) is 2. The molecule has 7 heteroatoms. The van der Waals surface area contributed by atoms with E-state index < -0.39 is 10.0 Å². The SMILES string of the molecule is Cn1nccc1NS(=O)(=O)c1ccc(C#CCCO)cc1. The van der Waals surface area contributed by atoms with Crippen molar-refractivity contribution in [2.45, 2.75) is 11.3 Å². The lowest BCUT2D eigenvalue weighted by Gasteiger charge is -2.07. The summed E-state index contributed by atoms with van der Waals surface area (Å²) in [5.74, 6) is 6.01. The second-order valence-corrected chi connectivity index (χ2v) is 5.93. The zero-order valence-electron chi connectivity index (χ0n) is 11.4. The van der Waals surface area contributed by atoms with E-state index in [1.807, 2.05) is 0 Å². The van der Waals surface area contributed by atoms with Crippen molar-refractivity contribution in [3.63, 3.8) is 0 Å². The number of sulfonamides is 1. The fourth-order valence-electron chi connectivity index (χ4n) is 1.61. The van der Waals surface area contributed by atoms with Gasteiger partial charge in [-0.15, -0.1) is 0 Å². The first-order chi connectivity index (χ1) is 10.0. The van der Waals surface area contributed by atoms with Gasteiger partial charge in [-0.25, -0.2) is 8.42 Å². The number of benzene rings is 1. The summed E-state index contributed by atoms with van der Waals surface area (Å²) in [7, 11) is -2.00. The number of anilines is 1. The molecule has 0 fully saturated rings. The lowest BCUT2D eigenvalue weighted by atomic mass is 10.2. The van der Waals surface area contributed by atoms with Gasteiger partial charge in [-0.3, -0.25) is 9.40 Å². The van der Waals surface area contributed by atoms with Crippen LogP contribution in [0.3, 0.4) is 0 Å². The van der Waals surface area contributed by atoms with E-state index >= 15 is 0 Å². The molecular weight excluding hydrogens is 290 g/mol. The van der Waals surface area contributed by atoms with Crippen molar-refractivity contribution >= 4 is 15.8 Å². The van der Waals surface area contributed by atoms with Crippen LogP contribution in [0.15, 0.2) is 41.4 Å². The summed E-state index contributed by atoms with van der Waals surface area (Å²) >= 11 is 0.